The van der Waals surface area contributed by atoms with Gasteiger partial charge in [-0.2, -0.15) is 0 Å². The average molecular weight is 400 g/mol. The number of hydrogen-bond acceptors (Lipinski definition) is 5. The van der Waals surface area contributed by atoms with Crippen molar-refractivity contribution in [2.24, 2.45) is 5.73 Å². The Hall–Kier alpha value is -3.29. The van der Waals surface area contributed by atoms with Crippen LogP contribution in [0.1, 0.15) is 43.5 Å². The van der Waals surface area contributed by atoms with Gasteiger partial charge in [-0.3, -0.25) is 4.98 Å². The molecule has 4 heterocycles. The van der Waals surface area contributed by atoms with Crippen molar-refractivity contribution in [3.8, 4) is 33.8 Å². The molecule has 30 heavy (non-hydrogen) atoms. The summed E-state index contributed by atoms with van der Waals surface area (Å²) in [5.74, 6) is 1.80. The van der Waals surface area contributed by atoms with E-state index in [9.17, 15) is 0 Å². The molecule has 0 aliphatic carbocycles. The van der Waals surface area contributed by atoms with Crippen molar-refractivity contribution in [3.63, 3.8) is 0 Å². The summed E-state index contributed by atoms with van der Waals surface area (Å²) in [6.45, 7) is 2.97. The van der Waals surface area contributed by atoms with E-state index in [4.69, 9.17) is 5.73 Å². The van der Waals surface area contributed by atoms with E-state index in [1.807, 2.05) is 31.6 Å². The standard InChI is InChI=1S/C23H25N7/c1-14(24)22-27-12-20(29-22)16-6-4-15(5-7-16)18-9-8-17(11-26-18)21-13-28-23(30-21)19-3-2-10-25-19/h4-9,11-14,19,25H,2-3,10,24H2,1H3,(H,27,29)(H,28,30)/t14-,19-/m1/s1. The Kier molecular flexibility index (Phi) is 4.90. The molecule has 4 aromatic rings. The van der Waals surface area contributed by atoms with Gasteiger partial charge in [0.2, 0.25) is 0 Å². The van der Waals surface area contributed by atoms with E-state index < -0.39 is 0 Å². The topological polar surface area (TPSA) is 108 Å². The molecule has 3 aromatic heterocycles. The van der Waals surface area contributed by atoms with Crippen molar-refractivity contribution in [3.05, 3.63) is 66.6 Å². The molecule has 1 aliphatic rings. The maximum Gasteiger partial charge on any atom is 0.123 e. The molecule has 5 N–H and O–H groups in total. The van der Waals surface area contributed by atoms with Gasteiger partial charge in [-0.1, -0.05) is 24.3 Å². The number of nitrogens with zero attached hydrogens (tertiary/aromatic N) is 3. The molecule has 0 spiro atoms. The van der Waals surface area contributed by atoms with E-state index in [1.54, 1.807) is 0 Å². The molecule has 1 aromatic carbocycles. The van der Waals surface area contributed by atoms with Crippen LogP contribution in [0.25, 0.3) is 33.8 Å². The highest BCUT2D eigenvalue weighted by molar-refractivity contribution is 5.68. The smallest absolute Gasteiger partial charge is 0.123 e. The number of nitrogens with two attached hydrogens (primary N) is 1. The van der Waals surface area contributed by atoms with E-state index in [0.29, 0.717) is 6.04 Å². The molecular weight excluding hydrogens is 374 g/mol. The molecule has 1 fully saturated rings. The fourth-order valence-corrected chi connectivity index (χ4v) is 3.84. The molecule has 7 heteroatoms. The second-order valence-electron chi connectivity index (χ2n) is 7.81. The number of hydrogen-bond donors (Lipinski definition) is 4. The average Bonchev–Trinajstić information content (AvgIpc) is 3.55. The molecule has 1 saturated heterocycles. The first-order chi connectivity index (χ1) is 14.7. The molecule has 5 rings (SSSR count). The van der Waals surface area contributed by atoms with Gasteiger partial charge in [-0.15, -0.1) is 0 Å². The van der Waals surface area contributed by atoms with Crippen molar-refractivity contribution in [1.29, 1.82) is 0 Å². The van der Waals surface area contributed by atoms with Crippen LogP contribution in [0, 0.1) is 0 Å². The Morgan fingerprint density at radius 1 is 0.867 bits per heavy atom. The summed E-state index contributed by atoms with van der Waals surface area (Å²) in [6.07, 6.45) is 7.93. The second kappa shape index (κ2) is 7.85. The molecule has 0 unspecified atom stereocenters. The van der Waals surface area contributed by atoms with Crippen LogP contribution in [0.15, 0.2) is 55.0 Å². The van der Waals surface area contributed by atoms with Gasteiger partial charge in [0.15, 0.2) is 0 Å². The zero-order valence-corrected chi connectivity index (χ0v) is 16.9. The van der Waals surface area contributed by atoms with Gasteiger partial charge in [-0.25, -0.2) is 9.97 Å². The lowest BCUT2D eigenvalue weighted by Gasteiger charge is -2.06. The van der Waals surface area contributed by atoms with E-state index >= 15 is 0 Å². The number of aromatic amines is 2. The summed E-state index contributed by atoms with van der Waals surface area (Å²) in [6, 6.07) is 12.6. The Morgan fingerprint density at radius 3 is 2.27 bits per heavy atom. The first-order valence-electron chi connectivity index (χ1n) is 10.3. The van der Waals surface area contributed by atoms with E-state index in [2.05, 4.69) is 60.6 Å². The van der Waals surface area contributed by atoms with Gasteiger partial charge in [0.25, 0.3) is 0 Å². The zero-order chi connectivity index (χ0) is 20.5. The van der Waals surface area contributed by atoms with Gasteiger partial charge >= 0.3 is 0 Å². The first-order valence-corrected chi connectivity index (χ1v) is 10.3. The molecule has 0 amide bonds. The zero-order valence-electron chi connectivity index (χ0n) is 16.9. The molecule has 2 atom stereocenters. The minimum atomic E-state index is -0.110. The summed E-state index contributed by atoms with van der Waals surface area (Å²) < 4.78 is 0. The monoisotopic (exact) mass is 399 g/mol. The number of aromatic nitrogens is 5. The lowest BCUT2D eigenvalue weighted by molar-refractivity contribution is 0.613. The van der Waals surface area contributed by atoms with Crippen LogP contribution in [0.3, 0.4) is 0 Å². The second-order valence-corrected chi connectivity index (χ2v) is 7.81. The molecule has 0 bridgehead atoms. The predicted octanol–water partition coefficient (Wildman–Crippen LogP) is 3.97. The molecule has 152 valence electrons. The van der Waals surface area contributed by atoms with Gasteiger partial charge in [0.1, 0.15) is 11.6 Å². The third-order valence-corrected chi connectivity index (χ3v) is 5.58. The summed E-state index contributed by atoms with van der Waals surface area (Å²) in [4.78, 5) is 20.2. The van der Waals surface area contributed by atoms with Crippen molar-refractivity contribution >= 4 is 0 Å². The summed E-state index contributed by atoms with van der Waals surface area (Å²) in [5.41, 5.74) is 11.9. The van der Waals surface area contributed by atoms with Crippen LogP contribution < -0.4 is 11.1 Å². The van der Waals surface area contributed by atoms with Crippen LogP contribution in [-0.4, -0.2) is 31.5 Å². The van der Waals surface area contributed by atoms with Crippen molar-refractivity contribution in [1.82, 2.24) is 30.2 Å². The summed E-state index contributed by atoms with van der Waals surface area (Å²) in [7, 11) is 0. The first kappa shape index (κ1) is 18.7. The number of imidazole rings is 2. The van der Waals surface area contributed by atoms with Crippen molar-refractivity contribution < 1.29 is 0 Å². The van der Waals surface area contributed by atoms with Crippen LogP contribution >= 0.6 is 0 Å². The summed E-state index contributed by atoms with van der Waals surface area (Å²) in [5, 5.41) is 3.47. The third kappa shape index (κ3) is 3.65. The maximum absolute atomic E-state index is 5.88. The lowest BCUT2D eigenvalue weighted by atomic mass is 10.1. The Bertz CT molecular complexity index is 1120. The number of benzene rings is 1. The van der Waals surface area contributed by atoms with Crippen LogP contribution in [0.5, 0.6) is 0 Å². The quantitative estimate of drug-likeness (QED) is 0.406. The lowest BCUT2D eigenvalue weighted by Crippen LogP contribution is -2.14. The van der Waals surface area contributed by atoms with Gasteiger partial charge in [0, 0.05) is 17.3 Å². The number of nitrogens with one attached hydrogen (secondary N) is 3. The third-order valence-electron chi connectivity index (χ3n) is 5.58. The highest BCUT2D eigenvalue weighted by Gasteiger charge is 2.19. The highest BCUT2D eigenvalue weighted by Crippen LogP contribution is 2.27. The molecule has 0 radical (unpaired) electrons. The molecule has 0 saturated carbocycles. The normalized spacial score (nSPS) is 17.3. The van der Waals surface area contributed by atoms with E-state index in [-0.39, 0.29) is 6.04 Å². The van der Waals surface area contributed by atoms with E-state index in [1.165, 1.54) is 6.42 Å². The Morgan fingerprint density at radius 2 is 1.60 bits per heavy atom. The summed E-state index contributed by atoms with van der Waals surface area (Å²) >= 11 is 0. The molecular formula is C23H25N7. The molecule has 1 aliphatic heterocycles. The van der Waals surface area contributed by atoms with Crippen LogP contribution in [0.2, 0.25) is 0 Å². The Labute approximate surface area is 175 Å². The van der Waals surface area contributed by atoms with Crippen molar-refractivity contribution in [2.75, 3.05) is 6.54 Å². The Balaban J connectivity index is 1.32. The maximum atomic E-state index is 5.88. The van der Waals surface area contributed by atoms with Gasteiger partial charge in [0.05, 0.1) is 41.6 Å². The van der Waals surface area contributed by atoms with Gasteiger partial charge in [-0.05, 0) is 44.0 Å². The fourth-order valence-electron chi connectivity index (χ4n) is 3.84. The fraction of sp³-hybridized carbons (Fsp3) is 0.261. The SMILES string of the molecule is C[C@@H](N)c1ncc(-c2ccc(-c3ccc(-c4cnc([C@H]5CCCN5)[nH]4)cn3)cc2)[nH]1. The number of H-pyrrole nitrogens is 2. The number of rotatable bonds is 5. The van der Waals surface area contributed by atoms with Crippen LogP contribution in [-0.2, 0) is 0 Å². The van der Waals surface area contributed by atoms with Crippen molar-refractivity contribution in [2.45, 2.75) is 31.8 Å². The minimum Gasteiger partial charge on any atom is -0.341 e. The predicted molar refractivity (Wildman–Crippen MR) is 117 cm³/mol. The molecule has 7 nitrogen and oxygen atoms in total. The van der Waals surface area contributed by atoms with Crippen LogP contribution in [0.4, 0.5) is 0 Å². The largest absolute Gasteiger partial charge is 0.341 e. The van der Waals surface area contributed by atoms with Gasteiger partial charge < -0.3 is 21.0 Å². The minimum absolute atomic E-state index is 0.110. The highest BCUT2D eigenvalue weighted by atomic mass is 15.0. The number of pyridine rings is 1. The van der Waals surface area contributed by atoms with E-state index in [0.717, 1.165) is 58.4 Å².